The zero-order chi connectivity index (χ0) is 12.0. The third-order valence-corrected chi connectivity index (χ3v) is 4.72. The summed E-state index contributed by atoms with van der Waals surface area (Å²) < 4.78 is 0. The maximum Gasteiger partial charge on any atom is 0.321 e. The molecule has 96 valence electrons. The zero-order valence-corrected chi connectivity index (χ0v) is 10.5. The van der Waals surface area contributed by atoms with Crippen molar-refractivity contribution in [2.75, 3.05) is 19.6 Å². The highest BCUT2D eigenvalue weighted by atomic mass is 16.4. The molecule has 2 aliphatic heterocycles. The van der Waals surface area contributed by atoms with Crippen molar-refractivity contribution < 1.29 is 9.90 Å². The standard InChI is InChI=1S/C13H22N2O2/c1-9-4-7-15(12(9)13(16)17)11-5-6-14(8-11)10-2-3-10/h9-12H,2-8H2,1H3,(H,16,17). The van der Waals surface area contributed by atoms with Gasteiger partial charge in [0.1, 0.15) is 6.04 Å². The van der Waals surface area contributed by atoms with Crippen LogP contribution in [-0.2, 0) is 4.79 Å². The number of carboxylic acid groups (broad SMARTS) is 1. The molecule has 1 aliphatic carbocycles. The van der Waals surface area contributed by atoms with E-state index in [4.69, 9.17) is 0 Å². The quantitative estimate of drug-likeness (QED) is 0.797. The lowest BCUT2D eigenvalue weighted by Crippen LogP contribution is -2.46. The Kier molecular flexibility index (Phi) is 2.87. The minimum absolute atomic E-state index is 0.237. The topological polar surface area (TPSA) is 43.8 Å². The Morgan fingerprint density at radius 3 is 2.53 bits per heavy atom. The second-order valence-corrected chi connectivity index (χ2v) is 5.96. The number of carboxylic acids is 1. The summed E-state index contributed by atoms with van der Waals surface area (Å²) in [7, 11) is 0. The highest BCUT2D eigenvalue weighted by Crippen LogP contribution is 2.34. The molecular weight excluding hydrogens is 216 g/mol. The van der Waals surface area contributed by atoms with Gasteiger partial charge in [0.2, 0.25) is 0 Å². The van der Waals surface area contributed by atoms with Crippen molar-refractivity contribution in [1.29, 1.82) is 0 Å². The summed E-state index contributed by atoms with van der Waals surface area (Å²) in [5.74, 6) is -0.317. The van der Waals surface area contributed by atoms with E-state index in [0.29, 0.717) is 12.0 Å². The fraction of sp³-hybridized carbons (Fsp3) is 0.923. The van der Waals surface area contributed by atoms with E-state index in [9.17, 15) is 9.90 Å². The molecule has 2 heterocycles. The number of carbonyl (C=O) groups is 1. The van der Waals surface area contributed by atoms with Gasteiger partial charge < -0.3 is 5.11 Å². The van der Waals surface area contributed by atoms with Crippen LogP contribution in [0.5, 0.6) is 0 Å². The van der Waals surface area contributed by atoms with Crippen molar-refractivity contribution in [3.05, 3.63) is 0 Å². The molecule has 0 spiro atoms. The summed E-state index contributed by atoms with van der Waals surface area (Å²) in [5.41, 5.74) is 0. The van der Waals surface area contributed by atoms with E-state index in [1.807, 2.05) is 0 Å². The fourth-order valence-corrected chi connectivity index (χ4v) is 3.58. The molecule has 0 aromatic rings. The lowest BCUT2D eigenvalue weighted by molar-refractivity contribution is -0.144. The Bertz CT molecular complexity index is 317. The van der Waals surface area contributed by atoms with Gasteiger partial charge in [-0.2, -0.15) is 0 Å². The van der Waals surface area contributed by atoms with Gasteiger partial charge in [-0.15, -0.1) is 0 Å². The molecule has 0 aromatic heterocycles. The van der Waals surface area contributed by atoms with Crippen LogP contribution in [0.4, 0.5) is 0 Å². The Morgan fingerprint density at radius 2 is 1.88 bits per heavy atom. The maximum atomic E-state index is 11.4. The number of aliphatic carboxylic acids is 1. The Hall–Kier alpha value is -0.610. The molecule has 4 heteroatoms. The third kappa shape index (κ3) is 2.08. The average Bonchev–Trinajstić information content (AvgIpc) is 2.88. The summed E-state index contributed by atoms with van der Waals surface area (Å²) in [4.78, 5) is 16.2. The van der Waals surface area contributed by atoms with Crippen molar-refractivity contribution in [2.24, 2.45) is 5.92 Å². The first-order valence-electron chi connectivity index (χ1n) is 6.89. The van der Waals surface area contributed by atoms with Gasteiger partial charge >= 0.3 is 5.97 Å². The summed E-state index contributed by atoms with van der Waals surface area (Å²) in [6, 6.07) is 1.07. The molecule has 3 unspecified atom stereocenters. The first-order chi connectivity index (χ1) is 8.16. The number of rotatable bonds is 3. The lowest BCUT2D eigenvalue weighted by atomic mass is 10.0. The number of hydrogen-bond acceptors (Lipinski definition) is 3. The highest BCUT2D eigenvalue weighted by molar-refractivity contribution is 5.74. The van der Waals surface area contributed by atoms with Crippen LogP contribution in [0, 0.1) is 5.92 Å². The molecule has 4 nitrogen and oxygen atoms in total. The minimum Gasteiger partial charge on any atom is -0.480 e. The monoisotopic (exact) mass is 238 g/mol. The van der Waals surface area contributed by atoms with E-state index >= 15 is 0 Å². The molecule has 0 amide bonds. The van der Waals surface area contributed by atoms with E-state index < -0.39 is 5.97 Å². The van der Waals surface area contributed by atoms with E-state index in [1.54, 1.807) is 0 Å². The van der Waals surface area contributed by atoms with Gasteiger partial charge in [-0.05, 0) is 38.1 Å². The van der Waals surface area contributed by atoms with E-state index in [1.165, 1.54) is 19.4 Å². The van der Waals surface area contributed by atoms with Crippen LogP contribution in [0.1, 0.15) is 32.6 Å². The van der Waals surface area contributed by atoms with Crippen LogP contribution < -0.4 is 0 Å². The van der Waals surface area contributed by atoms with Gasteiger partial charge in [-0.3, -0.25) is 14.6 Å². The first-order valence-corrected chi connectivity index (χ1v) is 6.89. The van der Waals surface area contributed by atoms with Gasteiger partial charge in [-0.25, -0.2) is 0 Å². The molecule has 17 heavy (non-hydrogen) atoms. The van der Waals surface area contributed by atoms with Crippen molar-refractivity contribution in [1.82, 2.24) is 9.80 Å². The van der Waals surface area contributed by atoms with Crippen LogP contribution in [0.2, 0.25) is 0 Å². The summed E-state index contributed by atoms with van der Waals surface area (Å²) >= 11 is 0. The smallest absolute Gasteiger partial charge is 0.321 e. The lowest BCUT2D eigenvalue weighted by Gasteiger charge is -2.29. The second-order valence-electron chi connectivity index (χ2n) is 5.96. The van der Waals surface area contributed by atoms with Crippen molar-refractivity contribution >= 4 is 5.97 Å². The Morgan fingerprint density at radius 1 is 1.12 bits per heavy atom. The number of likely N-dealkylation sites (tertiary alicyclic amines) is 2. The molecule has 0 aromatic carbocycles. The van der Waals surface area contributed by atoms with Crippen LogP contribution in [0.25, 0.3) is 0 Å². The molecule has 3 rings (SSSR count). The van der Waals surface area contributed by atoms with Gasteiger partial charge in [-0.1, -0.05) is 6.92 Å². The molecule has 1 N–H and O–H groups in total. The van der Waals surface area contributed by atoms with Crippen LogP contribution in [-0.4, -0.2) is 58.6 Å². The van der Waals surface area contributed by atoms with Crippen LogP contribution in [0.3, 0.4) is 0 Å². The normalized spacial score (nSPS) is 39.9. The van der Waals surface area contributed by atoms with E-state index in [-0.39, 0.29) is 6.04 Å². The van der Waals surface area contributed by atoms with Gasteiger partial charge in [0.25, 0.3) is 0 Å². The SMILES string of the molecule is CC1CCN(C2CCN(C3CC3)C2)C1C(=O)O. The molecule has 2 saturated heterocycles. The summed E-state index contributed by atoms with van der Waals surface area (Å²) in [6.45, 7) is 5.32. The van der Waals surface area contributed by atoms with Gasteiger partial charge in [0.15, 0.2) is 0 Å². The largest absolute Gasteiger partial charge is 0.480 e. The van der Waals surface area contributed by atoms with Crippen LogP contribution >= 0.6 is 0 Å². The second kappa shape index (κ2) is 4.25. The average molecular weight is 238 g/mol. The summed E-state index contributed by atoms with van der Waals surface area (Å²) in [6.07, 6.45) is 4.90. The third-order valence-electron chi connectivity index (χ3n) is 4.72. The summed E-state index contributed by atoms with van der Waals surface area (Å²) in [5, 5.41) is 9.35. The molecule has 3 aliphatic rings. The molecular formula is C13H22N2O2. The van der Waals surface area contributed by atoms with Crippen molar-refractivity contribution in [3.63, 3.8) is 0 Å². The number of hydrogen-bond donors (Lipinski definition) is 1. The predicted molar refractivity (Wildman–Crippen MR) is 64.9 cm³/mol. The highest BCUT2D eigenvalue weighted by Gasteiger charge is 2.44. The van der Waals surface area contributed by atoms with E-state index in [0.717, 1.165) is 32.0 Å². The van der Waals surface area contributed by atoms with Crippen molar-refractivity contribution in [2.45, 2.75) is 50.7 Å². The molecule has 3 fully saturated rings. The Balaban J connectivity index is 1.65. The van der Waals surface area contributed by atoms with E-state index in [2.05, 4.69) is 16.7 Å². The van der Waals surface area contributed by atoms with Gasteiger partial charge in [0, 0.05) is 25.2 Å². The molecule has 3 atom stereocenters. The van der Waals surface area contributed by atoms with Crippen molar-refractivity contribution in [3.8, 4) is 0 Å². The maximum absolute atomic E-state index is 11.4. The molecule has 0 radical (unpaired) electrons. The minimum atomic E-state index is -0.625. The predicted octanol–water partition coefficient (Wildman–Crippen LogP) is 1.02. The molecule has 0 bridgehead atoms. The first kappa shape index (κ1) is 11.5. The number of nitrogens with zero attached hydrogens (tertiary/aromatic N) is 2. The van der Waals surface area contributed by atoms with Gasteiger partial charge in [0.05, 0.1) is 0 Å². The fourth-order valence-electron chi connectivity index (χ4n) is 3.58. The van der Waals surface area contributed by atoms with Crippen LogP contribution in [0.15, 0.2) is 0 Å². The molecule has 1 saturated carbocycles. The Labute approximate surface area is 103 Å². The zero-order valence-electron chi connectivity index (χ0n) is 10.5.